The van der Waals surface area contributed by atoms with Gasteiger partial charge in [-0.15, -0.1) is 0 Å². The van der Waals surface area contributed by atoms with Gasteiger partial charge in [0.2, 0.25) is 0 Å². The molecule has 18 heavy (non-hydrogen) atoms. The average molecular weight is 267 g/mol. The van der Waals surface area contributed by atoms with Crippen LogP contribution in [0.3, 0.4) is 0 Å². The fourth-order valence-electron chi connectivity index (χ4n) is 2.17. The Hall–Kier alpha value is -1.17. The Morgan fingerprint density at radius 3 is 2.56 bits per heavy atom. The molecule has 5 heteroatoms. The van der Waals surface area contributed by atoms with Crippen molar-refractivity contribution in [3.63, 3.8) is 0 Å². The van der Waals surface area contributed by atoms with Crippen molar-refractivity contribution in [2.24, 2.45) is 0 Å². The zero-order valence-electron chi connectivity index (χ0n) is 10.4. The van der Waals surface area contributed by atoms with Gasteiger partial charge in [0.15, 0.2) is 9.84 Å². The second kappa shape index (κ2) is 4.84. The van der Waals surface area contributed by atoms with Gasteiger partial charge < -0.3 is 9.85 Å². The molecule has 0 saturated heterocycles. The van der Waals surface area contributed by atoms with Crippen LogP contribution in [-0.2, 0) is 9.84 Å². The molecular weight excluding hydrogens is 250 g/mol. The fourth-order valence-corrected chi connectivity index (χ4v) is 3.61. The standard InChI is InChI=1S/C13H17NO3S/c1-14(15)9-5-6-12(10-14)11-18(16,17)13-7-3-2-4-8-13/h2-4,6-8H,5,9-11H2,1H3. The number of sulfone groups is 1. The molecule has 0 bridgehead atoms. The topological polar surface area (TPSA) is 57.2 Å². The van der Waals surface area contributed by atoms with Crippen molar-refractivity contribution < 1.29 is 13.1 Å². The molecule has 0 aromatic heterocycles. The van der Waals surface area contributed by atoms with Crippen molar-refractivity contribution >= 4 is 9.84 Å². The van der Waals surface area contributed by atoms with Crippen LogP contribution in [0.5, 0.6) is 0 Å². The van der Waals surface area contributed by atoms with Gasteiger partial charge in [0.05, 0.1) is 24.2 Å². The summed E-state index contributed by atoms with van der Waals surface area (Å²) in [6, 6.07) is 8.37. The van der Waals surface area contributed by atoms with Crippen LogP contribution in [0.25, 0.3) is 0 Å². The Balaban J connectivity index is 2.17. The molecule has 1 aliphatic heterocycles. The second-order valence-corrected chi connectivity index (χ2v) is 6.89. The van der Waals surface area contributed by atoms with E-state index in [1.807, 2.05) is 6.08 Å². The van der Waals surface area contributed by atoms with Gasteiger partial charge in [0.1, 0.15) is 6.54 Å². The Morgan fingerprint density at radius 1 is 1.28 bits per heavy atom. The smallest absolute Gasteiger partial charge is 0.182 e. The molecule has 1 unspecified atom stereocenters. The van der Waals surface area contributed by atoms with Gasteiger partial charge in [-0.1, -0.05) is 24.3 Å². The van der Waals surface area contributed by atoms with Gasteiger partial charge >= 0.3 is 0 Å². The molecule has 1 aromatic carbocycles. The lowest BCUT2D eigenvalue weighted by Gasteiger charge is -2.41. The first-order valence-electron chi connectivity index (χ1n) is 5.90. The molecule has 1 aromatic rings. The molecule has 1 heterocycles. The molecule has 0 N–H and O–H groups in total. The van der Waals surface area contributed by atoms with E-state index in [9.17, 15) is 13.6 Å². The molecule has 4 nitrogen and oxygen atoms in total. The van der Waals surface area contributed by atoms with Crippen LogP contribution in [0, 0.1) is 5.21 Å². The van der Waals surface area contributed by atoms with Gasteiger partial charge in [0.25, 0.3) is 0 Å². The maximum Gasteiger partial charge on any atom is 0.182 e. The molecule has 1 atom stereocenters. The molecule has 2 rings (SSSR count). The maximum absolute atomic E-state index is 12.2. The van der Waals surface area contributed by atoms with Gasteiger partial charge in [-0.2, -0.15) is 0 Å². The van der Waals surface area contributed by atoms with Gasteiger partial charge in [-0.05, 0) is 17.7 Å². The number of nitrogens with zero attached hydrogens (tertiary/aromatic N) is 1. The molecule has 0 radical (unpaired) electrons. The van der Waals surface area contributed by atoms with Crippen LogP contribution >= 0.6 is 0 Å². The number of rotatable bonds is 3. The van der Waals surface area contributed by atoms with Crippen molar-refractivity contribution in [2.75, 3.05) is 25.9 Å². The first-order valence-corrected chi connectivity index (χ1v) is 7.56. The summed E-state index contributed by atoms with van der Waals surface area (Å²) < 4.78 is 23.9. The van der Waals surface area contributed by atoms with E-state index in [0.717, 1.165) is 5.57 Å². The van der Waals surface area contributed by atoms with Crippen LogP contribution in [0.15, 0.2) is 46.9 Å². The van der Waals surface area contributed by atoms with Gasteiger partial charge in [-0.25, -0.2) is 8.42 Å². The van der Waals surface area contributed by atoms with Crippen LogP contribution in [0.1, 0.15) is 6.42 Å². The lowest BCUT2D eigenvalue weighted by Crippen LogP contribution is -2.43. The second-order valence-electron chi connectivity index (χ2n) is 4.90. The minimum absolute atomic E-state index is 0.0485. The number of hydrogen-bond acceptors (Lipinski definition) is 3. The molecule has 0 amide bonds. The average Bonchev–Trinajstić information content (AvgIpc) is 2.28. The molecule has 98 valence electrons. The Bertz CT molecular complexity index is 547. The summed E-state index contributed by atoms with van der Waals surface area (Å²) in [5.41, 5.74) is 0.725. The summed E-state index contributed by atoms with van der Waals surface area (Å²) in [7, 11) is -1.74. The zero-order valence-corrected chi connectivity index (χ0v) is 11.2. The monoisotopic (exact) mass is 267 g/mol. The third-order valence-electron chi connectivity index (χ3n) is 3.05. The normalized spacial score (nSPS) is 24.7. The Labute approximate surface area is 108 Å². The predicted octanol–water partition coefficient (Wildman–Crippen LogP) is 1.73. The molecule has 0 fully saturated rings. The highest BCUT2D eigenvalue weighted by atomic mass is 32.2. The Kier molecular flexibility index (Phi) is 3.56. The lowest BCUT2D eigenvalue weighted by molar-refractivity contribution is -0.857. The molecule has 1 aliphatic rings. The summed E-state index contributed by atoms with van der Waals surface area (Å²) in [6.07, 6.45) is 2.54. The van der Waals surface area contributed by atoms with E-state index in [2.05, 4.69) is 0 Å². The lowest BCUT2D eigenvalue weighted by atomic mass is 10.1. The molecular formula is C13H17NO3S. The zero-order chi connectivity index (χ0) is 13.2. The number of hydroxylamine groups is 3. The summed E-state index contributed by atoms with van der Waals surface area (Å²) in [5, 5.41) is 11.9. The Morgan fingerprint density at radius 2 is 1.94 bits per heavy atom. The minimum atomic E-state index is -3.33. The van der Waals surface area contributed by atoms with Crippen molar-refractivity contribution in [2.45, 2.75) is 11.3 Å². The highest BCUT2D eigenvalue weighted by molar-refractivity contribution is 7.91. The van der Waals surface area contributed by atoms with E-state index in [-0.39, 0.29) is 16.9 Å². The van der Waals surface area contributed by atoms with E-state index >= 15 is 0 Å². The fraction of sp³-hybridized carbons (Fsp3) is 0.385. The molecule has 0 aliphatic carbocycles. The van der Waals surface area contributed by atoms with Crippen LogP contribution < -0.4 is 0 Å². The summed E-state index contributed by atoms with van der Waals surface area (Å²) in [5.74, 6) is -0.0485. The number of quaternary nitrogens is 1. The molecule has 0 spiro atoms. The van der Waals surface area contributed by atoms with Crippen LogP contribution in [0.4, 0.5) is 0 Å². The van der Waals surface area contributed by atoms with E-state index in [0.29, 0.717) is 17.9 Å². The highest BCUT2D eigenvalue weighted by Gasteiger charge is 2.23. The number of likely N-dealkylation sites (N-methyl/N-ethyl adjacent to an activating group) is 1. The van der Waals surface area contributed by atoms with Gasteiger partial charge in [0, 0.05) is 6.42 Å². The predicted molar refractivity (Wildman–Crippen MR) is 70.5 cm³/mol. The van der Waals surface area contributed by atoms with E-state index in [1.54, 1.807) is 37.4 Å². The van der Waals surface area contributed by atoms with Crippen molar-refractivity contribution in [1.29, 1.82) is 0 Å². The largest absolute Gasteiger partial charge is 0.633 e. The van der Waals surface area contributed by atoms with E-state index in [4.69, 9.17) is 0 Å². The SMILES string of the molecule is C[N+]1([O-])CCC=C(CS(=O)(=O)c2ccccc2)C1. The third kappa shape index (κ3) is 3.19. The van der Waals surface area contributed by atoms with Crippen molar-refractivity contribution in [3.8, 4) is 0 Å². The van der Waals surface area contributed by atoms with E-state index < -0.39 is 9.84 Å². The van der Waals surface area contributed by atoms with Crippen molar-refractivity contribution in [1.82, 2.24) is 0 Å². The van der Waals surface area contributed by atoms with Crippen LogP contribution in [0.2, 0.25) is 0 Å². The first kappa shape index (κ1) is 13.3. The third-order valence-corrected chi connectivity index (χ3v) is 4.79. The quantitative estimate of drug-likeness (QED) is 0.476. The first-order chi connectivity index (χ1) is 8.39. The summed E-state index contributed by atoms with van der Waals surface area (Å²) in [4.78, 5) is 0.316. The summed E-state index contributed by atoms with van der Waals surface area (Å²) >= 11 is 0. The minimum Gasteiger partial charge on any atom is -0.633 e. The molecule has 0 saturated carbocycles. The van der Waals surface area contributed by atoms with Crippen molar-refractivity contribution in [3.05, 3.63) is 47.2 Å². The van der Waals surface area contributed by atoms with Crippen LogP contribution in [-0.4, -0.2) is 39.0 Å². The number of hydrogen-bond donors (Lipinski definition) is 0. The maximum atomic E-state index is 12.2. The van der Waals surface area contributed by atoms with Gasteiger partial charge in [-0.3, -0.25) is 0 Å². The highest BCUT2D eigenvalue weighted by Crippen LogP contribution is 2.19. The summed E-state index contributed by atoms with van der Waals surface area (Å²) in [6.45, 7) is 0.793. The van der Waals surface area contributed by atoms with E-state index in [1.165, 1.54) is 0 Å². The number of benzene rings is 1.